The lowest BCUT2D eigenvalue weighted by Gasteiger charge is -2.11. The van der Waals surface area contributed by atoms with Gasteiger partial charge in [0.1, 0.15) is 6.33 Å². The molecule has 3 aromatic rings. The molecule has 0 bridgehead atoms. The van der Waals surface area contributed by atoms with E-state index in [4.69, 9.17) is 0 Å². The number of imidazole rings is 1. The molecule has 20 heavy (non-hydrogen) atoms. The zero-order valence-electron chi connectivity index (χ0n) is 11.3. The molecule has 3 rings (SSSR count). The van der Waals surface area contributed by atoms with Crippen LogP contribution in [0.5, 0.6) is 0 Å². The van der Waals surface area contributed by atoms with Gasteiger partial charge in [0, 0.05) is 0 Å². The van der Waals surface area contributed by atoms with Gasteiger partial charge in [0.05, 0.1) is 22.3 Å². The highest BCUT2D eigenvalue weighted by atomic mass is 16.4. The maximum Gasteiger partial charge on any atom is 0.337 e. The van der Waals surface area contributed by atoms with Crippen LogP contribution in [0.1, 0.15) is 21.5 Å². The Balaban J connectivity index is 2.38. The third-order valence-corrected chi connectivity index (χ3v) is 3.63. The second kappa shape index (κ2) is 4.49. The summed E-state index contributed by atoms with van der Waals surface area (Å²) >= 11 is 0. The standard InChI is InChI=1S/C16H14N2O2/c1-10-5-3-8-14(11(10)2)18-9-17-13-7-4-6-12(15(13)18)16(19)20/h3-9H,1-2H3,(H,19,20). The molecule has 1 aromatic heterocycles. The molecule has 1 N–H and O–H groups in total. The fraction of sp³-hybridized carbons (Fsp3) is 0.125. The van der Waals surface area contributed by atoms with Crippen molar-refractivity contribution in [2.24, 2.45) is 0 Å². The number of aromatic nitrogens is 2. The molecular weight excluding hydrogens is 252 g/mol. The highest BCUT2D eigenvalue weighted by Gasteiger charge is 2.15. The number of para-hydroxylation sites is 1. The molecule has 0 fully saturated rings. The fourth-order valence-corrected chi connectivity index (χ4v) is 2.42. The second-order valence-electron chi connectivity index (χ2n) is 4.81. The molecule has 1 heterocycles. The summed E-state index contributed by atoms with van der Waals surface area (Å²) < 4.78 is 1.85. The van der Waals surface area contributed by atoms with Gasteiger partial charge in [-0.15, -0.1) is 0 Å². The number of carbonyl (C=O) groups is 1. The third-order valence-electron chi connectivity index (χ3n) is 3.63. The van der Waals surface area contributed by atoms with Crippen molar-refractivity contribution in [3.63, 3.8) is 0 Å². The van der Waals surface area contributed by atoms with E-state index in [0.29, 0.717) is 11.0 Å². The average molecular weight is 266 g/mol. The monoisotopic (exact) mass is 266 g/mol. The lowest BCUT2D eigenvalue weighted by Crippen LogP contribution is -2.03. The minimum absolute atomic E-state index is 0.265. The predicted octanol–water partition coefficient (Wildman–Crippen LogP) is 3.34. The summed E-state index contributed by atoms with van der Waals surface area (Å²) in [4.78, 5) is 15.7. The third kappa shape index (κ3) is 1.77. The maximum atomic E-state index is 11.4. The second-order valence-corrected chi connectivity index (χ2v) is 4.81. The number of hydrogen-bond acceptors (Lipinski definition) is 2. The summed E-state index contributed by atoms with van der Waals surface area (Å²) in [5.41, 5.74) is 4.82. The Kier molecular flexibility index (Phi) is 2.79. The van der Waals surface area contributed by atoms with Crippen LogP contribution in [0.4, 0.5) is 0 Å². The van der Waals surface area contributed by atoms with Gasteiger partial charge in [-0.1, -0.05) is 18.2 Å². The molecule has 0 aliphatic rings. The van der Waals surface area contributed by atoms with Crippen molar-refractivity contribution < 1.29 is 9.90 Å². The van der Waals surface area contributed by atoms with Crippen molar-refractivity contribution in [3.8, 4) is 5.69 Å². The molecule has 0 aliphatic heterocycles. The molecule has 0 saturated carbocycles. The average Bonchev–Trinajstić information content (AvgIpc) is 2.85. The molecule has 4 heteroatoms. The van der Waals surface area contributed by atoms with Crippen LogP contribution in [0.15, 0.2) is 42.7 Å². The van der Waals surface area contributed by atoms with Gasteiger partial charge in [-0.05, 0) is 43.2 Å². The van der Waals surface area contributed by atoms with Crippen LogP contribution < -0.4 is 0 Å². The summed E-state index contributed by atoms with van der Waals surface area (Å²) in [6, 6.07) is 11.1. The van der Waals surface area contributed by atoms with Crippen LogP contribution in [0, 0.1) is 13.8 Å². The number of nitrogens with zero attached hydrogens (tertiary/aromatic N) is 2. The normalized spacial score (nSPS) is 10.9. The molecule has 0 unspecified atom stereocenters. The summed E-state index contributed by atoms with van der Waals surface area (Å²) in [5.74, 6) is -0.942. The van der Waals surface area contributed by atoms with E-state index in [9.17, 15) is 9.90 Å². The van der Waals surface area contributed by atoms with Gasteiger partial charge >= 0.3 is 5.97 Å². The summed E-state index contributed by atoms with van der Waals surface area (Å²) in [6.07, 6.45) is 1.68. The van der Waals surface area contributed by atoms with Crippen LogP contribution in [0.3, 0.4) is 0 Å². The maximum absolute atomic E-state index is 11.4. The number of hydrogen-bond donors (Lipinski definition) is 1. The molecule has 0 atom stereocenters. The van der Waals surface area contributed by atoms with Gasteiger partial charge in [0.15, 0.2) is 0 Å². The van der Waals surface area contributed by atoms with Gasteiger partial charge < -0.3 is 5.11 Å². The largest absolute Gasteiger partial charge is 0.478 e. The van der Waals surface area contributed by atoms with E-state index >= 15 is 0 Å². The van der Waals surface area contributed by atoms with Gasteiger partial charge in [0.2, 0.25) is 0 Å². The van der Waals surface area contributed by atoms with Crippen molar-refractivity contribution >= 4 is 17.0 Å². The fourth-order valence-electron chi connectivity index (χ4n) is 2.42. The van der Waals surface area contributed by atoms with E-state index in [1.807, 2.05) is 42.7 Å². The van der Waals surface area contributed by atoms with Crippen molar-refractivity contribution in [3.05, 3.63) is 59.4 Å². The molecule has 2 aromatic carbocycles. The lowest BCUT2D eigenvalue weighted by molar-refractivity contribution is 0.0698. The van der Waals surface area contributed by atoms with Crippen LogP contribution in [-0.2, 0) is 0 Å². The quantitative estimate of drug-likeness (QED) is 0.774. The van der Waals surface area contributed by atoms with Crippen LogP contribution in [0.2, 0.25) is 0 Å². The molecule has 0 saturated heterocycles. The van der Waals surface area contributed by atoms with Gasteiger partial charge in [-0.3, -0.25) is 4.57 Å². The number of aryl methyl sites for hydroxylation is 1. The SMILES string of the molecule is Cc1cccc(-n2cnc3cccc(C(=O)O)c32)c1C. The smallest absolute Gasteiger partial charge is 0.337 e. The molecule has 0 amide bonds. The molecule has 0 radical (unpaired) electrons. The molecule has 4 nitrogen and oxygen atoms in total. The van der Waals surface area contributed by atoms with E-state index in [1.165, 1.54) is 0 Å². The summed E-state index contributed by atoms with van der Waals surface area (Å²) in [6.45, 7) is 4.07. The highest BCUT2D eigenvalue weighted by Crippen LogP contribution is 2.25. The number of rotatable bonds is 2. The molecule has 0 aliphatic carbocycles. The van der Waals surface area contributed by atoms with Crippen LogP contribution in [-0.4, -0.2) is 20.6 Å². The Hall–Kier alpha value is -2.62. The van der Waals surface area contributed by atoms with Crippen molar-refractivity contribution in [2.45, 2.75) is 13.8 Å². The topological polar surface area (TPSA) is 55.1 Å². The van der Waals surface area contributed by atoms with Crippen molar-refractivity contribution in [2.75, 3.05) is 0 Å². The Bertz CT molecular complexity index is 818. The van der Waals surface area contributed by atoms with E-state index in [-0.39, 0.29) is 5.56 Å². The highest BCUT2D eigenvalue weighted by molar-refractivity contribution is 6.01. The Labute approximate surface area is 116 Å². The van der Waals surface area contributed by atoms with E-state index in [2.05, 4.69) is 4.98 Å². The van der Waals surface area contributed by atoms with E-state index in [0.717, 1.165) is 16.8 Å². The number of benzene rings is 2. The Morgan fingerprint density at radius 3 is 2.65 bits per heavy atom. The minimum Gasteiger partial charge on any atom is -0.478 e. The lowest BCUT2D eigenvalue weighted by atomic mass is 10.1. The zero-order valence-corrected chi connectivity index (χ0v) is 11.3. The van der Waals surface area contributed by atoms with Gasteiger partial charge in [0.25, 0.3) is 0 Å². The number of fused-ring (bicyclic) bond motifs is 1. The number of carboxylic acids is 1. The first-order valence-corrected chi connectivity index (χ1v) is 6.35. The Morgan fingerprint density at radius 2 is 1.90 bits per heavy atom. The number of aromatic carboxylic acids is 1. The van der Waals surface area contributed by atoms with E-state index in [1.54, 1.807) is 18.5 Å². The zero-order chi connectivity index (χ0) is 14.3. The first-order chi connectivity index (χ1) is 9.59. The predicted molar refractivity (Wildman–Crippen MR) is 77.5 cm³/mol. The molecule has 100 valence electrons. The first kappa shape index (κ1) is 12.4. The minimum atomic E-state index is -0.942. The Morgan fingerprint density at radius 1 is 1.15 bits per heavy atom. The van der Waals surface area contributed by atoms with Crippen molar-refractivity contribution in [1.82, 2.24) is 9.55 Å². The van der Waals surface area contributed by atoms with Crippen LogP contribution in [0.25, 0.3) is 16.7 Å². The van der Waals surface area contributed by atoms with Crippen molar-refractivity contribution in [1.29, 1.82) is 0 Å². The van der Waals surface area contributed by atoms with Crippen LogP contribution >= 0.6 is 0 Å². The summed E-state index contributed by atoms with van der Waals surface area (Å²) in [7, 11) is 0. The molecule has 0 spiro atoms. The molecular formula is C16H14N2O2. The number of carboxylic acid groups (broad SMARTS) is 1. The summed E-state index contributed by atoms with van der Waals surface area (Å²) in [5, 5.41) is 9.36. The van der Waals surface area contributed by atoms with Gasteiger partial charge in [-0.2, -0.15) is 0 Å². The van der Waals surface area contributed by atoms with E-state index < -0.39 is 5.97 Å². The first-order valence-electron chi connectivity index (χ1n) is 6.35. The van der Waals surface area contributed by atoms with Gasteiger partial charge in [-0.25, -0.2) is 9.78 Å².